The molecule has 8 heteroatoms. The first-order chi connectivity index (χ1) is 12.6. The Morgan fingerprint density at radius 2 is 2.07 bits per heavy atom. The Morgan fingerprint density at radius 1 is 1.33 bits per heavy atom. The van der Waals surface area contributed by atoms with Crippen molar-refractivity contribution in [1.82, 2.24) is 14.9 Å². The molecule has 2 fully saturated rings. The van der Waals surface area contributed by atoms with Gasteiger partial charge in [-0.15, -0.1) is 0 Å². The minimum atomic E-state index is -1.01. The molecular weight excluding hydrogens is 354 g/mol. The van der Waals surface area contributed by atoms with Gasteiger partial charge in [0.05, 0.1) is 17.8 Å². The Kier molecular flexibility index (Phi) is 3.80. The van der Waals surface area contributed by atoms with Gasteiger partial charge in [-0.1, -0.05) is 20.8 Å². The summed E-state index contributed by atoms with van der Waals surface area (Å²) >= 11 is 0. The number of fused-ring (bicyclic) bond motifs is 2. The Balaban J connectivity index is 1.66. The highest BCUT2D eigenvalue weighted by Crippen LogP contribution is 2.55. The molecule has 144 valence electrons. The van der Waals surface area contributed by atoms with Crippen molar-refractivity contribution < 1.29 is 18.7 Å². The van der Waals surface area contributed by atoms with E-state index < -0.39 is 17.7 Å². The molecule has 1 aromatic heterocycles. The molecule has 6 nitrogen and oxygen atoms in total. The molecule has 2 aliphatic rings. The van der Waals surface area contributed by atoms with Crippen molar-refractivity contribution in [2.24, 2.45) is 10.8 Å². The Labute approximate surface area is 155 Å². The van der Waals surface area contributed by atoms with Crippen molar-refractivity contribution in [1.29, 1.82) is 0 Å². The van der Waals surface area contributed by atoms with Crippen molar-refractivity contribution >= 4 is 22.9 Å². The van der Waals surface area contributed by atoms with Gasteiger partial charge < -0.3 is 14.9 Å². The van der Waals surface area contributed by atoms with Gasteiger partial charge in [0.2, 0.25) is 0 Å². The van der Waals surface area contributed by atoms with E-state index in [2.05, 4.69) is 30.7 Å². The smallest absolute Gasteiger partial charge is 0.407 e. The van der Waals surface area contributed by atoms with Crippen LogP contribution in [0.25, 0.3) is 11.0 Å². The highest BCUT2D eigenvalue weighted by Gasteiger charge is 2.62. The molecule has 1 amide bonds. The van der Waals surface area contributed by atoms with Gasteiger partial charge in [-0.25, -0.2) is 23.5 Å². The number of carboxylic acid groups (broad SMARTS) is 1. The van der Waals surface area contributed by atoms with Crippen molar-refractivity contribution in [2.75, 3.05) is 24.5 Å². The van der Waals surface area contributed by atoms with Crippen molar-refractivity contribution in [3.8, 4) is 0 Å². The summed E-state index contributed by atoms with van der Waals surface area (Å²) in [4.78, 5) is 23.5. The summed E-state index contributed by atoms with van der Waals surface area (Å²) in [7, 11) is 0. The van der Waals surface area contributed by atoms with E-state index in [1.807, 2.05) is 4.90 Å². The number of hydrogen-bond donors (Lipinski definition) is 1. The van der Waals surface area contributed by atoms with E-state index in [-0.39, 0.29) is 27.9 Å². The van der Waals surface area contributed by atoms with Crippen LogP contribution >= 0.6 is 0 Å². The number of rotatable bonds is 1. The molecule has 3 heterocycles. The first kappa shape index (κ1) is 17.9. The highest BCUT2D eigenvalue weighted by molar-refractivity contribution is 5.76. The lowest BCUT2D eigenvalue weighted by Gasteiger charge is -2.66. The second kappa shape index (κ2) is 5.74. The minimum Gasteiger partial charge on any atom is -0.465 e. The van der Waals surface area contributed by atoms with Crippen LogP contribution < -0.4 is 4.90 Å². The molecule has 1 N–H and O–H groups in total. The number of nitrogens with zero attached hydrogens (tertiary/aromatic N) is 4. The van der Waals surface area contributed by atoms with Crippen molar-refractivity contribution in [2.45, 2.75) is 33.2 Å². The number of piperidine rings is 1. The number of hydrogen-bond acceptors (Lipinski definition) is 4. The molecule has 0 radical (unpaired) electrons. The summed E-state index contributed by atoms with van der Waals surface area (Å²) in [6.45, 7) is 8.22. The maximum absolute atomic E-state index is 13.9. The lowest BCUT2D eigenvalue weighted by atomic mass is 9.54. The maximum Gasteiger partial charge on any atom is 0.407 e. The lowest BCUT2D eigenvalue weighted by molar-refractivity contribution is -0.134. The molecule has 0 aliphatic carbocycles. The third-order valence-electron chi connectivity index (χ3n) is 6.34. The highest BCUT2D eigenvalue weighted by atomic mass is 19.2. The van der Waals surface area contributed by atoms with Gasteiger partial charge in [-0.3, -0.25) is 0 Å². The zero-order valence-corrected chi connectivity index (χ0v) is 15.5. The van der Waals surface area contributed by atoms with Gasteiger partial charge in [0, 0.05) is 25.0 Å². The standard InChI is InChI=1S/C19H22F2N4O2/c1-18(2,3)19-6-7-24(9-13(19)25(10-19)17(26)27)14-8-22-16-12(23-14)5-4-11(20)15(16)21/h4-5,8,13H,6-7,9-10H2,1-3H3,(H,26,27)/t13-,19?/m1/s1. The zero-order valence-electron chi connectivity index (χ0n) is 15.5. The number of amides is 1. The monoisotopic (exact) mass is 376 g/mol. The van der Waals surface area contributed by atoms with Crippen LogP contribution in [0.4, 0.5) is 19.4 Å². The fourth-order valence-electron chi connectivity index (χ4n) is 4.55. The van der Waals surface area contributed by atoms with Gasteiger partial charge >= 0.3 is 6.09 Å². The first-order valence-corrected chi connectivity index (χ1v) is 8.99. The molecule has 0 saturated carbocycles. The number of anilines is 1. The second-order valence-corrected chi connectivity index (χ2v) is 8.49. The van der Waals surface area contributed by atoms with E-state index in [1.54, 1.807) is 0 Å². The Morgan fingerprint density at radius 3 is 2.74 bits per heavy atom. The molecule has 0 spiro atoms. The summed E-state index contributed by atoms with van der Waals surface area (Å²) in [5, 5.41) is 9.51. The van der Waals surface area contributed by atoms with E-state index in [9.17, 15) is 18.7 Å². The average Bonchev–Trinajstić information content (AvgIpc) is 2.57. The molecule has 27 heavy (non-hydrogen) atoms. The summed E-state index contributed by atoms with van der Waals surface area (Å²) in [6, 6.07) is 2.31. The minimum absolute atomic E-state index is 0.0224. The normalized spacial score (nSPS) is 25.3. The number of halogens is 2. The Hall–Kier alpha value is -2.51. The van der Waals surface area contributed by atoms with Crippen LogP contribution in [0, 0.1) is 22.5 Å². The lowest BCUT2D eigenvalue weighted by Crippen LogP contribution is -2.76. The third-order valence-corrected chi connectivity index (χ3v) is 6.34. The quantitative estimate of drug-likeness (QED) is 0.825. The largest absolute Gasteiger partial charge is 0.465 e. The number of benzene rings is 1. The van der Waals surface area contributed by atoms with E-state index in [0.717, 1.165) is 12.5 Å². The molecule has 2 aromatic rings. The van der Waals surface area contributed by atoms with Crippen LogP contribution in [0.2, 0.25) is 0 Å². The second-order valence-electron chi connectivity index (χ2n) is 8.49. The maximum atomic E-state index is 13.9. The van der Waals surface area contributed by atoms with E-state index in [4.69, 9.17) is 0 Å². The molecule has 2 saturated heterocycles. The van der Waals surface area contributed by atoms with E-state index in [0.29, 0.717) is 25.5 Å². The average molecular weight is 376 g/mol. The zero-order chi connectivity index (χ0) is 19.6. The molecular formula is C19H22F2N4O2. The van der Waals surface area contributed by atoms with E-state index in [1.165, 1.54) is 17.2 Å². The van der Waals surface area contributed by atoms with Crippen LogP contribution in [0.5, 0.6) is 0 Å². The van der Waals surface area contributed by atoms with Gasteiger partial charge in [0.25, 0.3) is 0 Å². The molecule has 1 unspecified atom stereocenters. The number of carbonyl (C=O) groups is 1. The molecule has 2 aliphatic heterocycles. The summed E-state index contributed by atoms with van der Waals surface area (Å²) in [5.41, 5.74) is 0.0886. The van der Waals surface area contributed by atoms with Crippen molar-refractivity contribution in [3.05, 3.63) is 30.0 Å². The van der Waals surface area contributed by atoms with Crippen LogP contribution in [0.15, 0.2) is 18.3 Å². The first-order valence-electron chi connectivity index (χ1n) is 8.99. The topological polar surface area (TPSA) is 69.6 Å². The predicted octanol–water partition coefficient (Wildman–Crippen LogP) is 3.51. The van der Waals surface area contributed by atoms with Crippen LogP contribution in [-0.2, 0) is 0 Å². The van der Waals surface area contributed by atoms with Gasteiger partial charge in [0.1, 0.15) is 11.3 Å². The van der Waals surface area contributed by atoms with Crippen molar-refractivity contribution in [3.63, 3.8) is 0 Å². The SMILES string of the molecule is CC(C)(C)C12CCN(c3cnc4c(F)c(F)ccc4n3)C[C@H]1N(C(=O)O)C2. The van der Waals surface area contributed by atoms with Crippen LogP contribution in [0.1, 0.15) is 27.2 Å². The van der Waals surface area contributed by atoms with E-state index >= 15 is 0 Å². The summed E-state index contributed by atoms with van der Waals surface area (Å²) in [5.74, 6) is -1.41. The van der Waals surface area contributed by atoms with Crippen LogP contribution in [0.3, 0.4) is 0 Å². The van der Waals surface area contributed by atoms with Gasteiger partial charge in [0.15, 0.2) is 11.6 Å². The summed E-state index contributed by atoms with van der Waals surface area (Å²) < 4.78 is 27.2. The predicted molar refractivity (Wildman–Crippen MR) is 96.7 cm³/mol. The third kappa shape index (κ3) is 2.53. The van der Waals surface area contributed by atoms with Crippen LogP contribution in [-0.4, -0.2) is 51.7 Å². The number of likely N-dealkylation sites (tertiary alicyclic amines) is 1. The Bertz CT molecular complexity index is 930. The van der Waals surface area contributed by atoms with Gasteiger partial charge in [-0.05, 0) is 24.0 Å². The molecule has 0 bridgehead atoms. The molecule has 2 atom stereocenters. The summed E-state index contributed by atoms with van der Waals surface area (Å²) in [6.07, 6.45) is 1.35. The molecule has 4 rings (SSSR count). The van der Waals surface area contributed by atoms with Gasteiger partial charge in [-0.2, -0.15) is 0 Å². The molecule has 1 aromatic carbocycles. The fourth-order valence-corrected chi connectivity index (χ4v) is 4.55. The fraction of sp³-hybridized carbons (Fsp3) is 0.526. The number of aromatic nitrogens is 2.